The molecule has 0 saturated carbocycles. The van der Waals surface area contributed by atoms with Crippen molar-refractivity contribution in [3.63, 3.8) is 0 Å². The molecule has 2 rings (SSSR count). The average Bonchev–Trinajstić information content (AvgIpc) is 2.77. The average molecular weight is 217 g/mol. The summed E-state index contributed by atoms with van der Waals surface area (Å²) in [6, 6.07) is 3.70. The number of aryl methyl sites for hydroxylation is 1. The SMILES string of the molecule is CCc1nccn1-c1cc([C@@H](C)O)ccn1. The monoisotopic (exact) mass is 217 g/mol. The van der Waals surface area contributed by atoms with Gasteiger partial charge in [0.15, 0.2) is 0 Å². The third-order valence-corrected chi connectivity index (χ3v) is 2.53. The van der Waals surface area contributed by atoms with E-state index in [1.165, 1.54) is 0 Å². The predicted molar refractivity (Wildman–Crippen MR) is 61.4 cm³/mol. The van der Waals surface area contributed by atoms with Crippen LogP contribution in [0.4, 0.5) is 0 Å². The van der Waals surface area contributed by atoms with Crippen LogP contribution in [0, 0.1) is 0 Å². The number of pyridine rings is 1. The molecule has 2 heterocycles. The van der Waals surface area contributed by atoms with Gasteiger partial charge in [-0.3, -0.25) is 4.57 Å². The normalized spacial score (nSPS) is 12.7. The summed E-state index contributed by atoms with van der Waals surface area (Å²) in [7, 11) is 0. The molecule has 2 aromatic rings. The topological polar surface area (TPSA) is 50.9 Å². The van der Waals surface area contributed by atoms with Gasteiger partial charge in [-0.2, -0.15) is 0 Å². The van der Waals surface area contributed by atoms with Crippen molar-refractivity contribution in [1.82, 2.24) is 14.5 Å². The Labute approximate surface area is 94.6 Å². The molecule has 4 nitrogen and oxygen atoms in total. The lowest BCUT2D eigenvalue weighted by atomic mass is 10.2. The molecule has 0 aliphatic heterocycles. The van der Waals surface area contributed by atoms with Crippen LogP contribution in [0.25, 0.3) is 5.82 Å². The highest BCUT2D eigenvalue weighted by atomic mass is 16.3. The second-order valence-electron chi connectivity index (χ2n) is 3.69. The van der Waals surface area contributed by atoms with Crippen LogP contribution in [-0.2, 0) is 6.42 Å². The van der Waals surface area contributed by atoms with E-state index in [0.717, 1.165) is 23.6 Å². The van der Waals surface area contributed by atoms with Crippen molar-refractivity contribution < 1.29 is 5.11 Å². The Morgan fingerprint density at radius 2 is 2.19 bits per heavy atom. The molecule has 0 saturated heterocycles. The fourth-order valence-corrected chi connectivity index (χ4v) is 1.63. The van der Waals surface area contributed by atoms with Gasteiger partial charge in [0, 0.05) is 25.0 Å². The van der Waals surface area contributed by atoms with Gasteiger partial charge in [0.2, 0.25) is 0 Å². The van der Waals surface area contributed by atoms with Crippen molar-refractivity contribution >= 4 is 0 Å². The summed E-state index contributed by atoms with van der Waals surface area (Å²) in [5.41, 5.74) is 0.862. The molecule has 84 valence electrons. The van der Waals surface area contributed by atoms with E-state index in [-0.39, 0.29) is 0 Å². The smallest absolute Gasteiger partial charge is 0.138 e. The molecular weight excluding hydrogens is 202 g/mol. The van der Waals surface area contributed by atoms with Crippen molar-refractivity contribution in [1.29, 1.82) is 0 Å². The molecule has 0 unspecified atom stereocenters. The van der Waals surface area contributed by atoms with E-state index < -0.39 is 6.10 Å². The summed E-state index contributed by atoms with van der Waals surface area (Å²) in [5.74, 6) is 1.77. The Kier molecular flexibility index (Phi) is 3.01. The maximum absolute atomic E-state index is 9.52. The molecule has 0 amide bonds. The van der Waals surface area contributed by atoms with Crippen molar-refractivity contribution in [2.24, 2.45) is 0 Å². The van der Waals surface area contributed by atoms with Crippen molar-refractivity contribution in [2.75, 3.05) is 0 Å². The van der Waals surface area contributed by atoms with Crippen LogP contribution in [0.2, 0.25) is 0 Å². The molecule has 0 aromatic carbocycles. The van der Waals surface area contributed by atoms with Crippen LogP contribution in [0.3, 0.4) is 0 Å². The molecule has 2 aromatic heterocycles. The molecule has 0 bridgehead atoms. The number of imidazole rings is 1. The minimum atomic E-state index is -0.477. The van der Waals surface area contributed by atoms with Crippen LogP contribution in [-0.4, -0.2) is 19.6 Å². The third-order valence-electron chi connectivity index (χ3n) is 2.53. The van der Waals surface area contributed by atoms with Gasteiger partial charge in [0.05, 0.1) is 6.10 Å². The van der Waals surface area contributed by atoms with Crippen LogP contribution in [0.5, 0.6) is 0 Å². The zero-order valence-corrected chi connectivity index (χ0v) is 9.46. The van der Waals surface area contributed by atoms with E-state index >= 15 is 0 Å². The summed E-state index contributed by atoms with van der Waals surface area (Å²) >= 11 is 0. The number of aromatic nitrogens is 3. The maximum atomic E-state index is 9.52. The van der Waals surface area contributed by atoms with Gasteiger partial charge in [0.1, 0.15) is 11.6 Å². The fourth-order valence-electron chi connectivity index (χ4n) is 1.63. The summed E-state index contributed by atoms with van der Waals surface area (Å²) < 4.78 is 1.94. The zero-order valence-electron chi connectivity index (χ0n) is 9.46. The van der Waals surface area contributed by atoms with E-state index in [0.29, 0.717) is 0 Å². The van der Waals surface area contributed by atoms with Gasteiger partial charge < -0.3 is 5.11 Å². The van der Waals surface area contributed by atoms with E-state index in [4.69, 9.17) is 0 Å². The van der Waals surface area contributed by atoms with Gasteiger partial charge in [0.25, 0.3) is 0 Å². The first-order valence-electron chi connectivity index (χ1n) is 5.39. The Morgan fingerprint density at radius 3 is 2.88 bits per heavy atom. The standard InChI is InChI=1S/C12H15N3O/c1-3-11-14-6-7-15(11)12-8-10(9(2)16)4-5-13-12/h4-9,16H,3H2,1-2H3/t9-/m1/s1. The molecule has 16 heavy (non-hydrogen) atoms. The predicted octanol–water partition coefficient (Wildman–Crippen LogP) is 1.88. The van der Waals surface area contributed by atoms with Gasteiger partial charge >= 0.3 is 0 Å². The van der Waals surface area contributed by atoms with Crippen molar-refractivity contribution in [3.05, 3.63) is 42.1 Å². The largest absolute Gasteiger partial charge is 0.389 e. The lowest BCUT2D eigenvalue weighted by Gasteiger charge is -2.09. The second kappa shape index (κ2) is 4.45. The Hall–Kier alpha value is -1.68. The number of aliphatic hydroxyl groups is 1. The Morgan fingerprint density at radius 1 is 1.38 bits per heavy atom. The lowest BCUT2D eigenvalue weighted by Crippen LogP contribution is -2.03. The van der Waals surface area contributed by atoms with Gasteiger partial charge in [-0.1, -0.05) is 6.92 Å². The van der Waals surface area contributed by atoms with Gasteiger partial charge in [-0.25, -0.2) is 9.97 Å². The highest BCUT2D eigenvalue weighted by molar-refractivity contribution is 5.30. The number of hydrogen-bond acceptors (Lipinski definition) is 3. The number of hydrogen-bond donors (Lipinski definition) is 1. The van der Waals surface area contributed by atoms with Crippen molar-refractivity contribution in [3.8, 4) is 5.82 Å². The molecule has 1 N–H and O–H groups in total. The molecular formula is C12H15N3O. The van der Waals surface area contributed by atoms with Gasteiger partial charge in [-0.15, -0.1) is 0 Å². The summed E-state index contributed by atoms with van der Waals surface area (Å²) in [5, 5.41) is 9.52. The molecule has 0 fully saturated rings. The summed E-state index contributed by atoms with van der Waals surface area (Å²) in [6.45, 7) is 3.80. The minimum absolute atomic E-state index is 0.477. The fraction of sp³-hybridized carbons (Fsp3) is 0.333. The highest BCUT2D eigenvalue weighted by Gasteiger charge is 2.06. The Balaban J connectivity index is 2.44. The third kappa shape index (κ3) is 1.97. The Bertz CT molecular complexity index is 477. The molecule has 0 aliphatic carbocycles. The minimum Gasteiger partial charge on any atom is -0.389 e. The van der Waals surface area contributed by atoms with Crippen LogP contribution >= 0.6 is 0 Å². The molecule has 1 atom stereocenters. The maximum Gasteiger partial charge on any atom is 0.138 e. The first-order chi connectivity index (χ1) is 7.72. The summed E-state index contributed by atoms with van der Waals surface area (Å²) in [6.07, 6.45) is 5.72. The van der Waals surface area contributed by atoms with E-state index in [9.17, 15) is 5.11 Å². The van der Waals surface area contributed by atoms with E-state index in [1.54, 1.807) is 19.3 Å². The molecule has 0 aliphatic rings. The van der Waals surface area contributed by atoms with Gasteiger partial charge in [-0.05, 0) is 24.6 Å². The number of rotatable bonds is 3. The second-order valence-corrected chi connectivity index (χ2v) is 3.69. The number of aliphatic hydroxyl groups excluding tert-OH is 1. The molecule has 4 heteroatoms. The lowest BCUT2D eigenvalue weighted by molar-refractivity contribution is 0.199. The molecule has 0 spiro atoms. The summed E-state index contributed by atoms with van der Waals surface area (Å²) in [4.78, 5) is 8.53. The highest BCUT2D eigenvalue weighted by Crippen LogP contribution is 2.15. The first-order valence-corrected chi connectivity index (χ1v) is 5.39. The van der Waals surface area contributed by atoms with Crippen molar-refractivity contribution in [2.45, 2.75) is 26.4 Å². The van der Waals surface area contributed by atoms with E-state index in [1.807, 2.05) is 22.9 Å². The number of nitrogens with zero attached hydrogens (tertiary/aromatic N) is 3. The van der Waals surface area contributed by atoms with Crippen LogP contribution in [0.15, 0.2) is 30.7 Å². The van der Waals surface area contributed by atoms with Crippen LogP contribution < -0.4 is 0 Å². The quantitative estimate of drug-likeness (QED) is 0.854. The first kappa shape index (κ1) is 10.8. The van der Waals surface area contributed by atoms with Crippen LogP contribution in [0.1, 0.15) is 31.3 Å². The zero-order chi connectivity index (χ0) is 11.5. The van der Waals surface area contributed by atoms with E-state index in [2.05, 4.69) is 16.9 Å². The molecule has 0 radical (unpaired) electrons.